The van der Waals surface area contributed by atoms with Gasteiger partial charge in [0.25, 0.3) is 0 Å². The largest absolute Gasteiger partial charge is 0.325 e. The first-order valence-corrected chi connectivity index (χ1v) is 7.48. The zero-order chi connectivity index (χ0) is 15.2. The number of aryl methyl sites for hydroxylation is 1. The quantitative estimate of drug-likeness (QED) is 0.882. The van der Waals surface area contributed by atoms with Crippen molar-refractivity contribution in [3.8, 4) is 0 Å². The Kier molecular flexibility index (Phi) is 5.28. The van der Waals surface area contributed by atoms with Crippen molar-refractivity contribution in [1.82, 2.24) is 15.3 Å². The molecule has 2 aromatic rings. The number of nitrogens with one attached hydrogen (secondary N) is 1. The van der Waals surface area contributed by atoms with Crippen LogP contribution < -0.4 is 10.2 Å². The van der Waals surface area contributed by atoms with Gasteiger partial charge in [0, 0.05) is 24.8 Å². The lowest BCUT2D eigenvalue weighted by atomic mass is 10.2. The molecule has 0 amide bonds. The summed E-state index contributed by atoms with van der Waals surface area (Å²) in [5.74, 6) is 0.886. The third kappa shape index (κ3) is 4.26. The second kappa shape index (κ2) is 7.18. The molecule has 112 valence electrons. The van der Waals surface area contributed by atoms with Crippen LogP contribution in [0.3, 0.4) is 0 Å². The highest BCUT2D eigenvalue weighted by Crippen LogP contribution is 2.23. The Morgan fingerprint density at radius 1 is 1.19 bits per heavy atom. The van der Waals surface area contributed by atoms with Crippen LogP contribution >= 0.6 is 0 Å². The minimum absolute atomic E-state index is 0.450. The molecule has 0 aliphatic carbocycles. The van der Waals surface area contributed by atoms with Crippen molar-refractivity contribution in [2.75, 3.05) is 11.4 Å². The molecule has 0 aliphatic rings. The van der Waals surface area contributed by atoms with Crippen LogP contribution in [0.25, 0.3) is 0 Å². The zero-order valence-electron chi connectivity index (χ0n) is 13.3. The highest BCUT2D eigenvalue weighted by Gasteiger charge is 2.09. The van der Waals surface area contributed by atoms with Crippen molar-refractivity contribution in [2.24, 2.45) is 0 Å². The monoisotopic (exact) mass is 284 g/mol. The van der Waals surface area contributed by atoms with Gasteiger partial charge in [-0.1, -0.05) is 26.0 Å². The van der Waals surface area contributed by atoms with E-state index < -0.39 is 0 Å². The number of nitrogens with zero attached hydrogens (tertiary/aromatic N) is 3. The predicted octanol–water partition coefficient (Wildman–Crippen LogP) is 3.44. The maximum Gasteiger partial charge on any atom is 0.151 e. The molecule has 0 saturated carbocycles. The first-order valence-electron chi connectivity index (χ1n) is 7.48. The summed E-state index contributed by atoms with van der Waals surface area (Å²) in [6.07, 6.45) is 3.70. The number of anilines is 2. The van der Waals surface area contributed by atoms with E-state index in [2.05, 4.69) is 72.1 Å². The summed E-state index contributed by atoms with van der Waals surface area (Å²) in [5, 5.41) is 3.35. The molecule has 0 radical (unpaired) electrons. The van der Waals surface area contributed by atoms with Gasteiger partial charge < -0.3 is 10.2 Å². The summed E-state index contributed by atoms with van der Waals surface area (Å²) in [5.41, 5.74) is 3.37. The molecule has 1 N–H and O–H groups in total. The van der Waals surface area contributed by atoms with Crippen molar-refractivity contribution in [2.45, 2.75) is 40.3 Å². The average molecular weight is 284 g/mol. The summed E-state index contributed by atoms with van der Waals surface area (Å²) in [6.45, 7) is 10.1. The van der Waals surface area contributed by atoms with Crippen LogP contribution in [0.4, 0.5) is 11.5 Å². The Bertz CT molecular complexity index is 563. The topological polar surface area (TPSA) is 41.1 Å². The second-order valence-electron chi connectivity index (χ2n) is 5.48. The molecule has 0 aliphatic heterocycles. The molecule has 1 heterocycles. The third-order valence-corrected chi connectivity index (χ3v) is 3.29. The highest BCUT2D eigenvalue weighted by atomic mass is 15.2. The van der Waals surface area contributed by atoms with Crippen molar-refractivity contribution in [3.05, 3.63) is 47.9 Å². The molecule has 1 aromatic heterocycles. The molecule has 0 unspecified atom stereocenters. The summed E-state index contributed by atoms with van der Waals surface area (Å²) in [7, 11) is 0. The normalized spacial score (nSPS) is 10.9. The lowest BCUT2D eigenvalue weighted by Gasteiger charge is -2.22. The van der Waals surface area contributed by atoms with Crippen LogP contribution in [-0.4, -0.2) is 22.6 Å². The van der Waals surface area contributed by atoms with E-state index in [0.29, 0.717) is 6.04 Å². The van der Waals surface area contributed by atoms with Gasteiger partial charge in [-0.15, -0.1) is 0 Å². The fourth-order valence-corrected chi connectivity index (χ4v) is 2.16. The van der Waals surface area contributed by atoms with E-state index >= 15 is 0 Å². The fourth-order valence-electron chi connectivity index (χ4n) is 2.16. The summed E-state index contributed by atoms with van der Waals surface area (Å²) in [4.78, 5) is 11.2. The van der Waals surface area contributed by atoms with E-state index in [-0.39, 0.29) is 0 Å². The Labute approximate surface area is 127 Å². The predicted molar refractivity (Wildman–Crippen MR) is 87.9 cm³/mol. The standard InChI is InChI=1S/C17H24N4/c1-5-21(16-8-6-7-14(4)9-16)17-12-19-15(11-20-17)10-18-13(2)3/h6-9,11-13,18H,5,10H2,1-4H3. The molecular weight excluding hydrogens is 260 g/mol. The maximum absolute atomic E-state index is 4.56. The number of benzene rings is 1. The molecule has 0 atom stereocenters. The lowest BCUT2D eigenvalue weighted by molar-refractivity contribution is 0.580. The summed E-state index contributed by atoms with van der Waals surface area (Å²) < 4.78 is 0. The molecule has 2 rings (SSSR count). The second-order valence-corrected chi connectivity index (χ2v) is 5.48. The van der Waals surface area contributed by atoms with Gasteiger partial charge in [-0.3, -0.25) is 4.98 Å². The van der Waals surface area contributed by atoms with Crippen LogP contribution in [-0.2, 0) is 6.54 Å². The van der Waals surface area contributed by atoms with Gasteiger partial charge in [0.05, 0.1) is 18.1 Å². The Hall–Kier alpha value is -1.94. The van der Waals surface area contributed by atoms with Crippen molar-refractivity contribution >= 4 is 11.5 Å². The summed E-state index contributed by atoms with van der Waals surface area (Å²) >= 11 is 0. The van der Waals surface area contributed by atoms with E-state index in [1.807, 2.05) is 12.4 Å². The van der Waals surface area contributed by atoms with E-state index in [0.717, 1.165) is 30.3 Å². The van der Waals surface area contributed by atoms with Crippen molar-refractivity contribution < 1.29 is 0 Å². The molecule has 0 fully saturated rings. The van der Waals surface area contributed by atoms with Gasteiger partial charge >= 0.3 is 0 Å². The maximum atomic E-state index is 4.56. The first-order chi connectivity index (χ1) is 10.1. The van der Waals surface area contributed by atoms with Crippen LogP contribution in [0.1, 0.15) is 32.0 Å². The van der Waals surface area contributed by atoms with E-state index in [9.17, 15) is 0 Å². The van der Waals surface area contributed by atoms with Gasteiger partial charge in [0.15, 0.2) is 5.82 Å². The van der Waals surface area contributed by atoms with Gasteiger partial charge in [0.1, 0.15) is 0 Å². The van der Waals surface area contributed by atoms with Gasteiger partial charge in [-0.25, -0.2) is 4.98 Å². The number of hydrogen-bond acceptors (Lipinski definition) is 4. The van der Waals surface area contributed by atoms with Crippen LogP contribution in [0.5, 0.6) is 0 Å². The Morgan fingerprint density at radius 2 is 2.00 bits per heavy atom. The summed E-state index contributed by atoms with van der Waals surface area (Å²) in [6, 6.07) is 8.89. The van der Waals surface area contributed by atoms with Crippen molar-refractivity contribution in [3.63, 3.8) is 0 Å². The number of aromatic nitrogens is 2. The SMILES string of the molecule is CCN(c1cccc(C)c1)c1cnc(CNC(C)C)cn1. The molecule has 1 aromatic carbocycles. The van der Waals surface area contributed by atoms with Crippen LogP contribution in [0.15, 0.2) is 36.7 Å². The minimum Gasteiger partial charge on any atom is -0.325 e. The van der Waals surface area contributed by atoms with Crippen LogP contribution in [0, 0.1) is 6.92 Å². The van der Waals surface area contributed by atoms with Crippen LogP contribution in [0.2, 0.25) is 0 Å². The average Bonchev–Trinajstić information content (AvgIpc) is 2.47. The van der Waals surface area contributed by atoms with Gasteiger partial charge in [0.2, 0.25) is 0 Å². The Balaban J connectivity index is 2.15. The molecule has 21 heavy (non-hydrogen) atoms. The zero-order valence-corrected chi connectivity index (χ0v) is 13.3. The molecule has 0 spiro atoms. The van der Waals surface area contributed by atoms with Gasteiger partial charge in [-0.05, 0) is 31.5 Å². The first kappa shape index (κ1) is 15.4. The Morgan fingerprint density at radius 3 is 2.57 bits per heavy atom. The molecular formula is C17H24N4. The van der Waals surface area contributed by atoms with E-state index in [1.165, 1.54) is 5.56 Å². The van der Waals surface area contributed by atoms with E-state index in [1.54, 1.807) is 0 Å². The van der Waals surface area contributed by atoms with Crippen molar-refractivity contribution in [1.29, 1.82) is 0 Å². The third-order valence-electron chi connectivity index (χ3n) is 3.29. The van der Waals surface area contributed by atoms with E-state index in [4.69, 9.17) is 0 Å². The smallest absolute Gasteiger partial charge is 0.151 e. The molecule has 4 heteroatoms. The van der Waals surface area contributed by atoms with Gasteiger partial charge in [-0.2, -0.15) is 0 Å². The molecule has 4 nitrogen and oxygen atoms in total. The fraction of sp³-hybridized carbons (Fsp3) is 0.412. The lowest BCUT2D eigenvalue weighted by Crippen LogP contribution is -2.23. The number of hydrogen-bond donors (Lipinski definition) is 1. The number of rotatable bonds is 6. The highest BCUT2D eigenvalue weighted by molar-refractivity contribution is 5.59. The molecule has 0 saturated heterocycles. The minimum atomic E-state index is 0.450. The molecule has 0 bridgehead atoms.